The molecule has 1 unspecified atom stereocenters. The summed E-state index contributed by atoms with van der Waals surface area (Å²) in [6.07, 6.45) is 0. The van der Waals surface area contributed by atoms with Gasteiger partial charge >= 0.3 is 0 Å². The molecule has 1 aromatic carbocycles. The summed E-state index contributed by atoms with van der Waals surface area (Å²) in [4.78, 5) is 13.0. The number of likely N-dealkylation sites (N-methyl/N-ethyl adjacent to an activating group) is 1. The Bertz CT molecular complexity index is 475. The molecule has 1 rings (SSSR count). The third-order valence-electron chi connectivity index (χ3n) is 2.50. The van der Waals surface area contributed by atoms with E-state index in [0.717, 1.165) is 17.0 Å². The predicted octanol–water partition coefficient (Wildman–Crippen LogP) is 1.38. The average molecular weight is 284 g/mol. The van der Waals surface area contributed by atoms with Crippen molar-refractivity contribution in [1.29, 1.82) is 0 Å². The number of nitrogens with one attached hydrogen (secondary N) is 2. The molecule has 0 fully saturated rings. The van der Waals surface area contributed by atoms with Crippen LogP contribution in [0.3, 0.4) is 0 Å². The minimum Gasteiger partial charge on any atom is -0.495 e. The third-order valence-corrected chi connectivity index (χ3v) is 2.74. The molecule has 0 aliphatic rings. The van der Waals surface area contributed by atoms with Crippen molar-refractivity contribution in [2.24, 2.45) is 0 Å². The van der Waals surface area contributed by atoms with Gasteiger partial charge in [-0.1, -0.05) is 18.2 Å². The molecule has 0 aliphatic heterocycles. The second-order valence-corrected chi connectivity index (χ2v) is 5.10. The van der Waals surface area contributed by atoms with Crippen LogP contribution in [0.2, 0.25) is 5.02 Å². The van der Waals surface area contributed by atoms with E-state index in [4.69, 9.17) is 16.3 Å². The van der Waals surface area contributed by atoms with Gasteiger partial charge in [-0.05, 0) is 30.7 Å². The number of quaternary nitrogens is 1. The van der Waals surface area contributed by atoms with Crippen LogP contribution < -0.4 is 15.0 Å². The molecule has 19 heavy (non-hydrogen) atoms. The van der Waals surface area contributed by atoms with Crippen LogP contribution in [0.4, 0.5) is 5.69 Å². The molecule has 4 nitrogen and oxygen atoms in total. The number of methoxy groups -OCH3 is 1. The molecule has 0 saturated heterocycles. The van der Waals surface area contributed by atoms with Gasteiger partial charge in [0.1, 0.15) is 5.75 Å². The quantitative estimate of drug-likeness (QED) is 0.775. The smallest absolute Gasteiger partial charge is 0.279 e. The van der Waals surface area contributed by atoms with Crippen molar-refractivity contribution in [3.05, 3.63) is 35.4 Å². The van der Waals surface area contributed by atoms with Crippen LogP contribution in [0, 0.1) is 0 Å². The number of ether oxygens (including phenoxy) is 1. The molecule has 1 atom stereocenters. The van der Waals surface area contributed by atoms with E-state index in [2.05, 4.69) is 11.9 Å². The number of carbonyl (C=O) groups is 1. The van der Waals surface area contributed by atoms with Gasteiger partial charge in [-0.3, -0.25) is 4.79 Å². The Morgan fingerprint density at radius 2 is 2.16 bits per heavy atom. The molecule has 0 heterocycles. The summed E-state index contributed by atoms with van der Waals surface area (Å²) in [7, 11) is 3.50. The number of benzene rings is 1. The number of amides is 1. The fraction of sp³-hybridized carbons (Fsp3) is 0.357. The number of hydrogen-bond donors (Lipinski definition) is 2. The minimum atomic E-state index is -0.0840. The standard InChI is InChI=1S/C14H19ClN2O2/c1-10(2)8-17(3)9-14(18)16-12-7-11(15)5-6-13(12)19-4/h5-7H,1,8-9H2,2-4H3,(H,16,18)/p+1. The van der Waals surface area contributed by atoms with Crippen molar-refractivity contribution in [3.8, 4) is 5.75 Å². The van der Waals surface area contributed by atoms with Crippen molar-refractivity contribution < 1.29 is 14.4 Å². The summed E-state index contributed by atoms with van der Waals surface area (Å²) in [5.41, 5.74) is 1.63. The van der Waals surface area contributed by atoms with Crippen molar-refractivity contribution in [3.63, 3.8) is 0 Å². The lowest BCUT2D eigenvalue weighted by Crippen LogP contribution is -3.10. The van der Waals surface area contributed by atoms with E-state index in [9.17, 15) is 4.79 Å². The van der Waals surface area contributed by atoms with Crippen LogP contribution in [0.5, 0.6) is 5.75 Å². The lowest BCUT2D eigenvalue weighted by Gasteiger charge is -2.15. The lowest BCUT2D eigenvalue weighted by atomic mass is 10.3. The first-order valence-corrected chi connectivity index (χ1v) is 6.39. The monoisotopic (exact) mass is 283 g/mol. The molecule has 1 aromatic rings. The second-order valence-electron chi connectivity index (χ2n) is 4.66. The third kappa shape index (κ3) is 5.32. The van der Waals surface area contributed by atoms with Crippen LogP contribution in [-0.4, -0.2) is 33.2 Å². The predicted molar refractivity (Wildman–Crippen MR) is 78.1 cm³/mol. The maximum Gasteiger partial charge on any atom is 0.279 e. The summed E-state index contributed by atoms with van der Waals surface area (Å²) in [6.45, 7) is 6.91. The van der Waals surface area contributed by atoms with E-state index >= 15 is 0 Å². The van der Waals surface area contributed by atoms with E-state index in [1.807, 2.05) is 14.0 Å². The molecule has 0 spiro atoms. The zero-order valence-electron chi connectivity index (χ0n) is 11.5. The highest BCUT2D eigenvalue weighted by Crippen LogP contribution is 2.27. The molecule has 0 aromatic heterocycles. The summed E-state index contributed by atoms with van der Waals surface area (Å²) in [5, 5.41) is 3.36. The number of hydrogen-bond acceptors (Lipinski definition) is 2. The van der Waals surface area contributed by atoms with Gasteiger partial charge in [-0.25, -0.2) is 0 Å². The van der Waals surface area contributed by atoms with Gasteiger partial charge in [0, 0.05) is 5.02 Å². The molecule has 0 radical (unpaired) electrons. The van der Waals surface area contributed by atoms with Gasteiger partial charge in [-0.15, -0.1) is 0 Å². The van der Waals surface area contributed by atoms with E-state index in [1.54, 1.807) is 25.3 Å². The summed E-state index contributed by atoms with van der Waals surface area (Å²) in [5.74, 6) is 0.509. The highest BCUT2D eigenvalue weighted by Gasteiger charge is 2.12. The summed E-state index contributed by atoms with van der Waals surface area (Å²) in [6, 6.07) is 5.11. The first-order chi connectivity index (χ1) is 8.92. The van der Waals surface area contributed by atoms with Gasteiger partial charge in [0.15, 0.2) is 6.54 Å². The van der Waals surface area contributed by atoms with Gasteiger partial charge in [0.05, 0.1) is 26.4 Å². The van der Waals surface area contributed by atoms with Crippen molar-refractivity contribution in [2.75, 3.05) is 32.6 Å². The minimum absolute atomic E-state index is 0.0840. The molecule has 0 bridgehead atoms. The molecular formula is C14H20ClN2O2+. The van der Waals surface area contributed by atoms with Crippen LogP contribution >= 0.6 is 11.6 Å². The Morgan fingerprint density at radius 1 is 1.47 bits per heavy atom. The largest absolute Gasteiger partial charge is 0.495 e. The topological polar surface area (TPSA) is 42.8 Å². The molecular weight excluding hydrogens is 264 g/mol. The van der Waals surface area contributed by atoms with Gasteiger partial charge < -0.3 is 15.0 Å². The van der Waals surface area contributed by atoms with Crippen LogP contribution in [0.15, 0.2) is 30.4 Å². The Kier molecular flexibility index (Phi) is 5.86. The van der Waals surface area contributed by atoms with Crippen molar-refractivity contribution in [2.45, 2.75) is 6.92 Å². The van der Waals surface area contributed by atoms with E-state index in [0.29, 0.717) is 23.0 Å². The molecule has 0 aliphatic carbocycles. The number of anilines is 1. The maximum absolute atomic E-state index is 11.9. The maximum atomic E-state index is 11.9. The SMILES string of the molecule is C=C(C)C[NH+](C)CC(=O)Nc1cc(Cl)ccc1OC. The fourth-order valence-electron chi connectivity index (χ4n) is 1.82. The first-order valence-electron chi connectivity index (χ1n) is 6.01. The normalized spacial score (nSPS) is 11.8. The zero-order chi connectivity index (χ0) is 14.4. The molecule has 1 amide bonds. The lowest BCUT2D eigenvalue weighted by molar-refractivity contribution is -0.865. The first kappa shape index (κ1) is 15.5. The Morgan fingerprint density at radius 3 is 2.74 bits per heavy atom. The van der Waals surface area contributed by atoms with Crippen molar-refractivity contribution >= 4 is 23.2 Å². The Hall–Kier alpha value is -1.52. The average Bonchev–Trinajstić information content (AvgIpc) is 2.27. The van der Waals surface area contributed by atoms with Gasteiger partial charge in [0.2, 0.25) is 0 Å². The molecule has 2 N–H and O–H groups in total. The Balaban J connectivity index is 2.66. The van der Waals surface area contributed by atoms with Gasteiger partial charge in [0.25, 0.3) is 5.91 Å². The zero-order valence-corrected chi connectivity index (χ0v) is 12.3. The van der Waals surface area contributed by atoms with Gasteiger partial charge in [-0.2, -0.15) is 0 Å². The number of rotatable bonds is 6. The van der Waals surface area contributed by atoms with Crippen LogP contribution in [0.1, 0.15) is 6.92 Å². The molecule has 104 valence electrons. The summed E-state index contributed by atoms with van der Waals surface area (Å²) < 4.78 is 5.18. The van der Waals surface area contributed by atoms with E-state index in [-0.39, 0.29) is 5.91 Å². The number of halogens is 1. The van der Waals surface area contributed by atoms with Crippen molar-refractivity contribution in [1.82, 2.24) is 0 Å². The van der Waals surface area contributed by atoms with E-state index in [1.165, 1.54) is 0 Å². The Labute approximate surface area is 119 Å². The van der Waals surface area contributed by atoms with Crippen LogP contribution in [-0.2, 0) is 4.79 Å². The second kappa shape index (κ2) is 7.16. The highest BCUT2D eigenvalue weighted by atomic mass is 35.5. The van der Waals surface area contributed by atoms with Crippen LogP contribution in [0.25, 0.3) is 0 Å². The summed E-state index contributed by atoms with van der Waals surface area (Å²) >= 11 is 5.91. The molecule has 5 heteroatoms. The highest BCUT2D eigenvalue weighted by molar-refractivity contribution is 6.31. The van der Waals surface area contributed by atoms with E-state index < -0.39 is 0 Å². The number of carbonyl (C=O) groups excluding carboxylic acids is 1. The fourth-order valence-corrected chi connectivity index (χ4v) is 2.00. The molecule has 0 saturated carbocycles.